The van der Waals surface area contributed by atoms with E-state index < -0.39 is 11.5 Å². The maximum atomic E-state index is 12.7. The van der Waals surface area contributed by atoms with Crippen LogP contribution in [0.4, 0.5) is 8.78 Å². The van der Waals surface area contributed by atoms with Crippen LogP contribution in [-0.2, 0) is 0 Å². The SMILES string of the molecule is CNCC1(O)CCC(F)(F)CC1.Cl. The van der Waals surface area contributed by atoms with Crippen molar-refractivity contribution in [2.24, 2.45) is 0 Å². The molecule has 0 aliphatic heterocycles. The average Bonchev–Trinajstić information content (AvgIpc) is 1.98. The van der Waals surface area contributed by atoms with Gasteiger partial charge in [0.1, 0.15) is 0 Å². The molecule has 2 N–H and O–H groups in total. The van der Waals surface area contributed by atoms with Gasteiger partial charge in [-0.2, -0.15) is 0 Å². The quantitative estimate of drug-likeness (QED) is 0.733. The molecule has 80 valence electrons. The molecule has 5 heteroatoms. The molecule has 0 amide bonds. The molecule has 13 heavy (non-hydrogen) atoms. The fourth-order valence-corrected chi connectivity index (χ4v) is 1.59. The second-order valence-corrected chi connectivity index (χ2v) is 3.61. The van der Waals surface area contributed by atoms with Crippen molar-refractivity contribution in [1.82, 2.24) is 5.32 Å². The summed E-state index contributed by atoms with van der Waals surface area (Å²) in [5.74, 6) is -2.56. The van der Waals surface area contributed by atoms with Crippen molar-refractivity contribution < 1.29 is 13.9 Å². The van der Waals surface area contributed by atoms with Gasteiger partial charge in [0.15, 0.2) is 0 Å². The first kappa shape index (κ1) is 13.1. The summed E-state index contributed by atoms with van der Waals surface area (Å²) in [4.78, 5) is 0. The highest BCUT2D eigenvalue weighted by Crippen LogP contribution is 2.37. The molecule has 1 saturated carbocycles. The fourth-order valence-electron chi connectivity index (χ4n) is 1.59. The molecule has 0 aromatic rings. The number of rotatable bonds is 2. The highest BCUT2D eigenvalue weighted by atomic mass is 35.5. The number of nitrogens with one attached hydrogen (secondary N) is 1. The van der Waals surface area contributed by atoms with Gasteiger partial charge in [0.05, 0.1) is 5.60 Å². The maximum absolute atomic E-state index is 12.7. The summed E-state index contributed by atoms with van der Waals surface area (Å²) in [5.41, 5.74) is -0.906. The van der Waals surface area contributed by atoms with Gasteiger partial charge in [-0.3, -0.25) is 0 Å². The van der Waals surface area contributed by atoms with Crippen LogP contribution in [0.5, 0.6) is 0 Å². The summed E-state index contributed by atoms with van der Waals surface area (Å²) in [6.07, 6.45) is 0.0119. The number of hydrogen-bond acceptors (Lipinski definition) is 2. The van der Waals surface area contributed by atoms with Crippen molar-refractivity contribution in [3.8, 4) is 0 Å². The van der Waals surface area contributed by atoms with Crippen LogP contribution < -0.4 is 5.32 Å². The molecule has 1 rings (SSSR count). The first-order valence-corrected chi connectivity index (χ1v) is 4.22. The Morgan fingerprint density at radius 2 is 1.69 bits per heavy atom. The zero-order valence-electron chi connectivity index (χ0n) is 7.65. The minimum Gasteiger partial charge on any atom is -0.389 e. The predicted octanol–water partition coefficient (Wildman–Crippen LogP) is 1.57. The summed E-state index contributed by atoms with van der Waals surface area (Å²) >= 11 is 0. The molecule has 1 aliphatic carbocycles. The zero-order valence-corrected chi connectivity index (χ0v) is 8.46. The third kappa shape index (κ3) is 3.75. The molecule has 0 bridgehead atoms. The van der Waals surface area contributed by atoms with E-state index in [0.29, 0.717) is 6.54 Å². The van der Waals surface area contributed by atoms with Crippen LogP contribution in [-0.4, -0.2) is 30.2 Å². The number of hydrogen-bond donors (Lipinski definition) is 2. The van der Waals surface area contributed by atoms with Crippen LogP contribution in [0.2, 0.25) is 0 Å². The smallest absolute Gasteiger partial charge is 0.248 e. The average molecular weight is 216 g/mol. The van der Waals surface area contributed by atoms with E-state index in [1.54, 1.807) is 7.05 Å². The molecule has 0 saturated heterocycles. The van der Waals surface area contributed by atoms with Crippen molar-refractivity contribution in [3.05, 3.63) is 0 Å². The van der Waals surface area contributed by atoms with Crippen LogP contribution in [0.15, 0.2) is 0 Å². The topological polar surface area (TPSA) is 32.3 Å². The molecule has 0 atom stereocenters. The van der Waals surface area contributed by atoms with E-state index in [0.717, 1.165) is 0 Å². The van der Waals surface area contributed by atoms with E-state index in [1.165, 1.54) is 0 Å². The van der Waals surface area contributed by atoms with Crippen LogP contribution in [0.25, 0.3) is 0 Å². The Kier molecular flexibility index (Phi) is 4.55. The van der Waals surface area contributed by atoms with Gasteiger partial charge in [0.2, 0.25) is 5.92 Å². The van der Waals surface area contributed by atoms with Crippen LogP contribution in [0.1, 0.15) is 25.7 Å². The summed E-state index contributed by atoms with van der Waals surface area (Å²) < 4.78 is 25.3. The minimum atomic E-state index is -2.56. The molecular formula is C8H16ClF2NO. The first-order chi connectivity index (χ1) is 5.47. The number of halogens is 3. The minimum absolute atomic E-state index is 0. The Morgan fingerprint density at radius 1 is 1.23 bits per heavy atom. The molecule has 0 radical (unpaired) electrons. The second kappa shape index (κ2) is 4.53. The van der Waals surface area contributed by atoms with E-state index >= 15 is 0 Å². The number of alkyl halides is 2. The monoisotopic (exact) mass is 215 g/mol. The normalized spacial score (nSPS) is 24.9. The lowest BCUT2D eigenvalue weighted by Gasteiger charge is -2.35. The van der Waals surface area contributed by atoms with Crippen molar-refractivity contribution in [3.63, 3.8) is 0 Å². The highest BCUT2D eigenvalue weighted by molar-refractivity contribution is 5.85. The molecule has 1 aliphatic rings. The van der Waals surface area contributed by atoms with Crippen molar-refractivity contribution >= 4 is 12.4 Å². The second-order valence-electron chi connectivity index (χ2n) is 3.61. The molecule has 0 heterocycles. The summed E-state index contributed by atoms with van der Waals surface area (Å²) in [6, 6.07) is 0. The standard InChI is InChI=1S/C8H15F2NO.ClH/c1-11-6-7(12)2-4-8(9,10)5-3-7;/h11-12H,2-6H2,1H3;1H. The van der Waals surface area contributed by atoms with E-state index in [9.17, 15) is 13.9 Å². The van der Waals surface area contributed by atoms with Gasteiger partial charge in [0.25, 0.3) is 0 Å². The largest absolute Gasteiger partial charge is 0.389 e. The Labute approximate surface area is 83.1 Å². The molecule has 2 nitrogen and oxygen atoms in total. The van der Waals surface area contributed by atoms with Gasteiger partial charge in [-0.15, -0.1) is 12.4 Å². The number of likely N-dealkylation sites (N-methyl/N-ethyl adjacent to an activating group) is 1. The van der Waals surface area contributed by atoms with Gasteiger partial charge < -0.3 is 10.4 Å². The molecule has 1 fully saturated rings. The third-order valence-corrected chi connectivity index (χ3v) is 2.42. The van der Waals surface area contributed by atoms with E-state index in [-0.39, 0.29) is 38.1 Å². The van der Waals surface area contributed by atoms with E-state index in [2.05, 4.69) is 5.32 Å². The van der Waals surface area contributed by atoms with Crippen molar-refractivity contribution in [1.29, 1.82) is 0 Å². The molecule has 0 aromatic carbocycles. The van der Waals surface area contributed by atoms with E-state index in [1.807, 2.05) is 0 Å². The summed E-state index contributed by atoms with van der Waals surface area (Å²) in [5, 5.41) is 12.5. The molecule has 0 unspecified atom stereocenters. The fraction of sp³-hybridized carbons (Fsp3) is 1.00. The lowest BCUT2D eigenvalue weighted by molar-refractivity contribution is -0.101. The van der Waals surface area contributed by atoms with Gasteiger partial charge in [-0.25, -0.2) is 8.78 Å². The Balaban J connectivity index is 0.00000144. The van der Waals surface area contributed by atoms with E-state index in [4.69, 9.17) is 0 Å². The lowest BCUT2D eigenvalue weighted by atomic mass is 9.83. The van der Waals surface area contributed by atoms with Crippen LogP contribution in [0.3, 0.4) is 0 Å². The van der Waals surface area contributed by atoms with Crippen LogP contribution in [0, 0.1) is 0 Å². The third-order valence-electron chi connectivity index (χ3n) is 2.42. The Morgan fingerprint density at radius 3 is 2.08 bits per heavy atom. The predicted molar refractivity (Wildman–Crippen MR) is 49.5 cm³/mol. The van der Waals surface area contributed by atoms with Crippen molar-refractivity contribution in [2.75, 3.05) is 13.6 Å². The summed E-state index contributed by atoms with van der Waals surface area (Å²) in [7, 11) is 1.71. The Bertz CT molecular complexity index is 156. The zero-order chi connectivity index (χ0) is 9.24. The van der Waals surface area contributed by atoms with Crippen molar-refractivity contribution in [2.45, 2.75) is 37.2 Å². The molecule has 0 spiro atoms. The molecular weight excluding hydrogens is 200 g/mol. The van der Waals surface area contributed by atoms with Gasteiger partial charge >= 0.3 is 0 Å². The first-order valence-electron chi connectivity index (χ1n) is 4.22. The maximum Gasteiger partial charge on any atom is 0.248 e. The lowest BCUT2D eigenvalue weighted by Crippen LogP contribution is -2.45. The molecule has 0 aromatic heterocycles. The van der Waals surface area contributed by atoms with Gasteiger partial charge in [-0.1, -0.05) is 0 Å². The number of aliphatic hydroxyl groups is 1. The Hall–Kier alpha value is 0.0700. The summed E-state index contributed by atoms with van der Waals surface area (Å²) in [6.45, 7) is 0.406. The van der Waals surface area contributed by atoms with Crippen LogP contribution >= 0.6 is 12.4 Å². The highest BCUT2D eigenvalue weighted by Gasteiger charge is 2.41. The van der Waals surface area contributed by atoms with Gasteiger partial charge in [0, 0.05) is 19.4 Å². The van der Waals surface area contributed by atoms with Gasteiger partial charge in [-0.05, 0) is 19.9 Å².